The molecule has 0 N–H and O–H groups in total. The van der Waals surface area contributed by atoms with Gasteiger partial charge in [-0.1, -0.05) is 50.2 Å². The highest BCUT2D eigenvalue weighted by Gasteiger charge is 2.21. The highest BCUT2D eigenvalue weighted by Crippen LogP contribution is 2.20. The number of hydrogen-bond acceptors (Lipinski definition) is 5. The second-order valence-corrected chi connectivity index (χ2v) is 6.38. The Labute approximate surface area is 156 Å². The van der Waals surface area contributed by atoms with Crippen molar-refractivity contribution in [2.75, 3.05) is 0 Å². The van der Waals surface area contributed by atoms with E-state index in [1.54, 1.807) is 24.3 Å². The average molecular weight is 362 g/mol. The molecule has 1 heterocycles. The van der Waals surface area contributed by atoms with Gasteiger partial charge in [0.15, 0.2) is 5.70 Å². The number of aliphatic imine (C=N–C) groups is 1. The molecule has 3 rings (SSSR count). The third-order valence-electron chi connectivity index (χ3n) is 4.04. The molecule has 2 aromatic rings. The van der Waals surface area contributed by atoms with Crippen LogP contribution in [0.3, 0.4) is 0 Å². The second kappa shape index (κ2) is 7.78. The van der Waals surface area contributed by atoms with Gasteiger partial charge in [-0.25, -0.2) is 9.79 Å². The number of nitro groups is 1. The lowest BCUT2D eigenvalue weighted by atomic mass is 10.0. The van der Waals surface area contributed by atoms with Gasteiger partial charge in [-0.2, -0.15) is 0 Å². The predicted octanol–water partition coefficient (Wildman–Crippen LogP) is 4.73. The molecule has 0 aromatic heterocycles. The number of hydrogen-bond donors (Lipinski definition) is 0. The molecule has 0 amide bonds. The summed E-state index contributed by atoms with van der Waals surface area (Å²) in [6.45, 7) is 4.23. The van der Waals surface area contributed by atoms with E-state index >= 15 is 0 Å². The Hall–Kier alpha value is -3.54. The molecular formula is C21H18N2O4. The molecule has 0 unspecified atom stereocenters. The van der Waals surface area contributed by atoms with E-state index in [4.69, 9.17) is 4.74 Å². The summed E-state index contributed by atoms with van der Waals surface area (Å²) in [6.07, 6.45) is 4.79. The van der Waals surface area contributed by atoms with E-state index in [9.17, 15) is 14.9 Å². The largest absolute Gasteiger partial charge is 0.403 e. The van der Waals surface area contributed by atoms with Crippen LogP contribution >= 0.6 is 0 Å². The highest BCUT2D eigenvalue weighted by molar-refractivity contribution is 6.11. The Morgan fingerprint density at radius 2 is 1.81 bits per heavy atom. The molecule has 0 bridgehead atoms. The number of non-ortho nitro benzene ring substituents is 1. The Morgan fingerprint density at radius 3 is 2.48 bits per heavy atom. The Bertz CT molecular complexity index is 970. The van der Waals surface area contributed by atoms with E-state index in [0.29, 0.717) is 11.5 Å². The molecule has 1 aliphatic rings. The van der Waals surface area contributed by atoms with Crippen LogP contribution in [0.5, 0.6) is 0 Å². The van der Waals surface area contributed by atoms with Crippen LogP contribution in [0.4, 0.5) is 5.69 Å². The third kappa shape index (κ3) is 4.55. The molecule has 6 heteroatoms. The molecule has 1 aliphatic heterocycles. The van der Waals surface area contributed by atoms with E-state index in [-0.39, 0.29) is 17.3 Å². The number of nitrogens with zero attached hydrogens (tertiary/aromatic N) is 2. The zero-order chi connectivity index (χ0) is 19.4. The smallest absolute Gasteiger partial charge is 0.363 e. The molecule has 0 radical (unpaired) electrons. The first-order valence-corrected chi connectivity index (χ1v) is 8.47. The molecule has 0 fully saturated rings. The van der Waals surface area contributed by atoms with Crippen LogP contribution < -0.4 is 0 Å². The number of nitro benzene ring substituents is 1. The molecule has 0 atom stereocenters. The summed E-state index contributed by atoms with van der Waals surface area (Å²) in [6, 6.07) is 14.1. The van der Waals surface area contributed by atoms with Crippen LogP contribution in [0.1, 0.15) is 36.5 Å². The topological polar surface area (TPSA) is 81.8 Å². The summed E-state index contributed by atoms with van der Waals surface area (Å²) < 4.78 is 5.13. The first kappa shape index (κ1) is 18.3. The van der Waals surface area contributed by atoms with Crippen molar-refractivity contribution in [3.63, 3.8) is 0 Å². The minimum atomic E-state index is -0.526. The van der Waals surface area contributed by atoms with Crippen molar-refractivity contribution in [1.29, 1.82) is 0 Å². The van der Waals surface area contributed by atoms with Gasteiger partial charge in [0.05, 0.1) is 4.92 Å². The van der Waals surface area contributed by atoms with Gasteiger partial charge in [-0.15, -0.1) is 0 Å². The van der Waals surface area contributed by atoms with Gasteiger partial charge < -0.3 is 4.74 Å². The fourth-order valence-electron chi connectivity index (χ4n) is 2.54. The van der Waals surface area contributed by atoms with Gasteiger partial charge in [0.1, 0.15) is 0 Å². The zero-order valence-electron chi connectivity index (χ0n) is 15.0. The molecule has 6 nitrogen and oxygen atoms in total. The summed E-state index contributed by atoms with van der Waals surface area (Å²) in [5.74, 6) is 0.0601. The molecule has 27 heavy (non-hydrogen) atoms. The number of benzene rings is 2. The second-order valence-electron chi connectivity index (χ2n) is 6.38. The fourth-order valence-corrected chi connectivity index (χ4v) is 2.54. The lowest BCUT2D eigenvalue weighted by Gasteiger charge is -2.04. The van der Waals surface area contributed by atoms with E-state index in [1.165, 1.54) is 23.8 Å². The standard InChI is InChI=1S/C21H18N2O4/c1-14(2)17-9-6-16(7-10-17)13-19-21(24)27-20(22-19)11-8-15-4-3-5-18(12-15)23(25)26/h3-14H,1-2H3/b11-8+,19-13-. The summed E-state index contributed by atoms with van der Waals surface area (Å²) in [4.78, 5) is 26.5. The third-order valence-corrected chi connectivity index (χ3v) is 4.04. The van der Waals surface area contributed by atoms with Crippen molar-refractivity contribution in [3.05, 3.63) is 87.1 Å². The number of carbonyl (C=O) groups is 1. The summed E-state index contributed by atoms with van der Waals surface area (Å²) in [7, 11) is 0. The van der Waals surface area contributed by atoms with Crippen LogP contribution in [0.2, 0.25) is 0 Å². The van der Waals surface area contributed by atoms with E-state index in [2.05, 4.69) is 18.8 Å². The van der Waals surface area contributed by atoms with Crippen LogP contribution in [0.15, 0.2) is 65.3 Å². The molecule has 0 spiro atoms. The number of rotatable bonds is 5. The van der Waals surface area contributed by atoms with E-state index in [1.807, 2.05) is 24.3 Å². The van der Waals surface area contributed by atoms with Gasteiger partial charge in [0, 0.05) is 18.2 Å². The van der Waals surface area contributed by atoms with Gasteiger partial charge >= 0.3 is 5.97 Å². The van der Waals surface area contributed by atoms with Gasteiger partial charge in [0.25, 0.3) is 5.69 Å². The van der Waals surface area contributed by atoms with Crippen LogP contribution in [-0.2, 0) is 9.53 Å². The number of carbonyl (C=O) groups excluding carboxylic acids is 1. The van der Waals surface area contributed by atoms with Crippen LogP contribution in [-0.4, -0.2) is 16.8 Å². The summed E-state index contributed by atoms with van der Waals surface area (Å²) in [5, 5.41) is 10.8. The normalized spacial score (nSPS) is 15.4. The predicted molar refractivity (Wildman–Crippen MR) is 104 cm³/mol. The van der Waals surface area contributed by atoms with Crippen molar-refractivity contribution in [2.45, 2.75) is 19.8 Å². The monoisotopic (exact) mass is 362 g/mol. The Morgan fingerprint density at radius 1 is 1.07 bits per heavy atom. The first-order chi connectivity index (χ1) is 12.9. The lowest BCUT2D eigenvalue weighted by molar-refractivity contribution is -0.384. The number of esters is 1. The molecule has 136 valence electrons. The quantitative estimate of drug-likeness (QED) is 0.333. The van der Waals surface area contributed by atoms with Crippen molar-refractivity contribution in [1.82, 2.24) is 0 Å². The minimum Gasteiger partial charge on any atom is -0.403 e. The molecule has 2 aromatic carbocycles. The maximum absolute atomic E-state index is 12.0. The number of cyclic esters (lactones) is 1. The molecular weight excluding hydrogens is 344 g/mol. The van der Waals surface area contributed by atoms with Crippen molar-refractivity contribution in [2.24, 2.45) is 4.99 Å². The number of ether oxygens (including phenoxy) is 1. The minimum absolute atomic E-state index is 0.00654. The maximum Gasteiger partial charge on any atom is 0.363 e. The van der Waals surface area contributed by atoms with Gasteiger partial charge in [-0.3, -0.25) is 10.1 Å². The van der Waals surface area contributed by atoms with E-state index < -0.39 is 10.9 Å². The lowest BCUT2D eigenvalue weighted by Crippen LogP contribution is -2.01. The zero-order valence-corrected chi connectivity index (χ0v) is 15.0. The van der Waals surface area contributed by atoms with Crippen molar-refractivity contribution < 1.29 is 14.5 Å². The SMILES string of the molecule is CC(C)c1ccc(/C=C2N=C(/C=C/c3cccc([N+](=O)[O-])c3)OC\2=O)cc1. The fraction of sp³-hybridized carbons (Fsp3) is 0.143. The molecule has 0 aliphatic carbocycles. The van der Waals surface area contributed by atoms with Crippen LogP contribution in [0.25, 0.3) is 12.2 Å². The average Bonchev–Trinajstić information content (AvgIpc) is 3.00. The Kier molecular flexibility index (Phi) is 5.26. The maximum atomic E-state index is 12.0. The summed E-state index contributed by atoms with van der Waals surface area (Å²) in [5.41, 5.74) is 2.90. The van der Waals surface area contributed by atoms with Gasteiger partial charge in [-0.05, 0) is 34.8 Å². The molecule has 0 saturated carbocycles. The molecule has 0 saturated heterocycles. The van der Waals surface area contributed by atoms with Crippen molar-refractivity contribution in [3.8, 4) is 0 Å². The van der Waals surface area contributed by atoms with E-state index in [0.717, 1.165) is 5.56 Å². The first-order valence-electron chi connectivity index (χ1n) is 8.47. The van der Waals surface area contributed by atoms with Crippen LogP contribution in [0, 0.1) is 10.1 Å². The highest BCUT2D eigenvalue weighted by atomic mass is 16.6. The van der Waals surface area contributed by atoms with Gasteiger partial charge in [0.2, 0.25) is 5.90 Å². The summed E-state index contributed by atoms with van der Waals surface area (Å²) >= 11 is 0. The van der Waals surface area contributed by atoms with Crippen molar-refractivity contribution >= 4 is 29.7 Å². The Balaban J connectivity index is 1.77.